The minimum Gasteiger partial charge on any atom is -0.484 e. The summed E-state index contributed by atoms with van der Waals surface area (Å²) in [5.41, 5.74) is -2.13. The summed E-state index contributed by atoms with van der Waals surface area (Å²) in [6.45, 7) is 4.34. The zero-order chi connectivity index (χ0) is 29.0. The molecule has 1 aromatic heterocycles. The van der Waals surface area contributed by atoms with Crippen molar-refractivity contribution >= 4 is 35.2 Å². The van der Waals surface area contributed by atoms with Gasteiger partial charge in [0.05, 0.1) is 22.5 Å². The monoisotopic (exact) mass is 574 g/mol. The summed E-state index contributed by atoms with van der Waals surface area (Å²) in [6.07, 6.45) is -3.47. The maximum atomic E-state index is 13.6. The van der Waals surface area contributed by atoms with Crippen molar-refractivity contribution in [1.29, 1.82) is 0 Å². The van der Waals surface area contributed by atoms with Crippen molar-refractivity contribution in [3.8, 4) is 5.75 Å². The lowest BCUT2D eigenvalue weighted by Crippen LogP contribution is -2.58. The van der Waals surface area contributed by atoms with Gasteiger partial charge < -0.3 is 20.1 Å². The van der Waals surface area contributed by atoms with Gasteiger partial charge in [-0.15, -0.1) is 0 Å². The molecule has 1 fully saturated rings. The van der Waals surface area contributed by atoms with Gasteiger partial charge in [0.1, 0.15) is 23.2 Å². The minimum atomic E-state index is -4.65. The van der Waals surface area contributed by atoms with Crippen LogP contribution in [0.2, 0.25) is 5.02 Å². The number of likely N-dealkylation sites (tertiary alicyclic amines) is 1. The average Bonchev–Trinajstić information content (AvgIpc) is 2.83. The van der Waals surface area contributed by atoms with Gasteiger partial charge in [0, 0.05) is 24.8 Å². The van der Waals surface area contributed by atoms with Crippen molar-refractivity contribution in [2.45, 2.75) is 57.5 Å². The van der Waals surface area contributed by atoms with Crippen LogP contribution in [0.25, 0.3) is 0 Å². The van der Waals surface area contributed by atoms with E-state index in [-0.39, 0.29) is 35.8 Å². The predicted molar refractivity (Wildman–Crippen MR) is 133 cm³/mol. The van der Waals surface area contributed by atoms with E-state index in [9.17, 15) is 31.9 Å². The molecule has 212 valence electrons. The second-order valence-corrected chi connectivity index (χ2v) is 10.2. The van der Waals surface area contributed by atoms with Crippen LogP contribution in [-0.4, -0.2) is 58.6 Å². The van der Waals surface area contributed by atoms with E-state index in [1.807, 2.05) is 0 Å². The predicted octanol–water partition coefficient (Wildman–Crippen LogP) is 4.79. The fraction of sp³-hybridized carbons (Fsp3) is 0.440. The van der Waals surface area contributed by atoms with Gasteiger partial charge in [-0.05, 0) is 51.8 Å². The van der Waals surface area contributed by atoms with Crippen molar-refractivity contribution in [1.82, 2.24) is 15.2 Å². The SMILES string of the molecule is CC(C)(C)OC(=O)N1C[C@@H](NC(=O)COc2ccc(Cl)c(F)c2)CC[C@@H]1C(=O)Nc1cncc(C(F)(F)F)c1. The molecule has 39 heavy (non-hydrogen) atoms. The van der Waals surface area contributed by atoms with Crippen LogP contribution >= 0.6 is 11.6 Å². The summed E-state index contributed by atoms with van der Waals surface area (Å²) in [5, 5.41) is 4.97. The molecule has 1 aliphatic heterocycles. The normalized spacial score (nSPS) is 17.8. The quantitative estimate of drug-likeness (QED) is 0.480. The molecule has 1 aliphatic rings. The van der Waals surface area contributed by atoms with Crippen LogP contribution < -0.4 is 15.4 Å². The average molecular weight is 575 g/mol. The van der Waals surface area contributed by atoms with E-state index in [0.29, 0.717) is 6.20 Å². The lowest BCUT2D eigenvalue weighted by atomic mass is 9.97. The number of anilines is 1. The van der Waals surface area contributed by atoms with E-state index in [2.05, 4.69) is 15.6 Å². The number of pyridine rings is 1. The molecular formula is C25H27ClF4N4O5. The molecule has 0 unspecified atom stereocenters. The highest BCUT2D eigenvalue weighted by atomic mass is 35.5. The summed E-state index contributed by atoms with van der Waals surface area (Å²) < 4.78 is 63.4. The van der Waals surface area contributed by atoms with Gasteiger partial charge in [-0.3, -0.25) is 19.5 Å². The summed E-state index contributed by atoms with van der Waals surface area (Å²) in [6, 6.07) is 2.77. The highest BCUT2D eigenvalue weighted by molar-refractivity contribution is 6.30. The Labute approximate surface area is 226 Å². The van der Waals surface area contributed by atoms with E-state index in [4.69, 9.17) is 21.1 Å². The largest absolute Gasteiger partial charge is 0.484 e. The van der Waals surface area contributed by atoms with Gasteiger partial charge in [-0.25, -0.2) is 9.18 Å². The maximum absolute atomic E-state index is 13.6. The van der Waals surface area contributed by atoms with Crippen LogP contribution in [0.15, 0.2) is 36.7 Å². The van der Waals surface area contributed by atoms with Crippen molar-refractivity contribution in [2.75, 3.05) is 18.5 Å². The van der Waals surface area contributed by atoms with Gasteiger partial charge in [0.25, 0.3) is 5.91 Å². The van der Waals surface area contributed by atoms with Crippen LogP contribution in [0.3, 0.4) is 0 Å². The van der Waals surface area contributed by atoms with Crippen LogP contribution in [0.5, 0.6) is 5.75 Å². The third kappa shape index (κ3) is 8.70. The lowest BCUT2D eigenvalue weighted by Gasteiger charge is -2.39. The van der Waals surface area contributed by atoms with Crippen molar-refractivity contribution in [3.05, 3.63) is 53.1 Å². The molecular weight excluding hydrogens is 548 g/mol. The molecule has 0 bridgehead atoms. The first-order chi connectivity index (χ1) is 18.1. The number of aromatic nitrogens is 1. The van der Waals surface area contributed by atoms with Crippen LogP contribution in [0.4, 0.5) is 28.0 Å². The number of ether oxygens (including phenoxy) is 2. The number of carbonyl (C=O) groups excluding carboxylic acids is 3. The molecule has 0 spiro atoms. The summed E-state index contributed by atoms with van der Waals surface area (Å²) in [4.78, 5) is 43.1. The number of alkyl halides is 3. The number of nitrogens with one attached hydrogen (secondary N) is 2. The third-order valence-corrected chi connectivity index (χ3v) is 5.78. The number of benzene rings is 1. The summed E-state index contributed by atoms with van der Waals surface area (Å²) in [7, 11) is 0. The number of halogens is 5. The number of rotatable bonds is 6. The molecule has 1 aromatic carbocycles. The van der Waals surface area contributed by atoms with E-state index >= 15 is 0 Å². The molecule has 2 heterocycles. The molecule has 0 radical (unpaired) electrons. The minimum absolute atomic E-state index is 0.0751. The Hall–Kier alpha value is -3.61. The van der Waals surface area contributed by atoms with Gasteiger partial charge in [-0.2, -0.15) is 13.2 Å². The Kier molecular flexibility index (Phi) is 9.26. The van der Waals surface area contributed by atoms with Crippen LogP contribution in [-0.2, 0) is 20.5 Å². The highest BCUT2D eigenvalue weighted by Crippen LogP contribution is 2.30. The number of carbonyl (C=O) groups is 3. The zero-order valence-corrected chi connectivity index (χ0v) is 22.0. The second-order valence-electron chi connectivity index (χ2n) is 9.80. The molecule has 3 amide bonds. The highest BCUT2D eigenvalue weighted by Gasteiger charge is 2.39. The van der Waals surface area contributed by atoms with Crippen molar-refractivity contribution < 1.29 is 41.4 Å². The molecule has 0 saturated carbocycles. The molecule has 1 saturated heterocycles. The van der Waals surface area contributed by atoms with Gasteiger partial charge >= 0.3 is 12.3 Å². The Morgan fingerprint density at radius 1 is 1.13 bits per heavy atom. The standard InChI is InChI=1S/C25H27ClF4N4O5/c1-24(2,3)39-23(37)34-12-15(32-21(35)13-38-17-5-6-18(26)19(27)9-17)4-7-20(34)22(36)33-16-8-14(10-31-11-16)25(28,29)30/h5-6,8-11,15,20H,4,7,12-13H2,1-3H3,(H,32,35)(H,33,36)/t15-,20+/m0/s1. The van der Waals surface area contributed by atoms with Gasteiger partial charge in [-0.1, -0.05) is 11.6 Å². The summed E-state index contributed by atoms with van der Waals surface area (Å²) >= 11 is 5.63. The van der Waals surface area contributed by atoms with Crippen molar-refractivity contribution in [2.24, 2.45) is 0 Å². The lowest BCUT2D eigenvalue weighted by molar-refractivity contribution is -0.138. The number of piperidine rings is 1. The van der Waals surface area contributed by atoms with E-state index in [1.54, 1.807) is 20.8 Å². The smallest absolute Gasteiger partial charge is 0.417 e. The van der Waals surface area contributed by atoms with E-state index in [0.717, 1.165) is 23.2 Å². The molecule has 2 N–H and O–H groups in total. The number of amides is 3. The van der Waals surface area contributed by atoms with Crippen molar-refractivity contribution in [3.63, 3.8) is 0 Å². The number of hydrogen-bond donors (Lipinski definition) is 2. The molecule has 2 atom stereocenters. The van der Waals surface area contributed by atoms with Crippen LogP contribution in [0.1, 0.15) is 39.2 Å². The maximum Gasteiger partial charge on any atom is 0.417 e. The summed E-state index contributed by atoms with van der Waals surface area (Å²) in [5.74, 6) is -1.91. The zero-order valence-electron chi connectivity index (χ0n) is 21.3. The van der Waals surface area contributed by atoms with E-state index in [1.165, 1.54) is 12.1 Å². The molecule has 2 aromatic rings. The Morgan fingerprint density at radius 2 is 1.85 bits per heavy atom. The fourth-order valence-corrected chi connectivity index (χ4v) is 3.87. The number of hydrogen-bond acceptors (Lipinski definition) is 6. The van der Waals surface area contributed by atoms with E-state index < -0.39 is 59.8 Å². The molecule has 3 rings (SSSR count). The molecule has 9 nitrogen and oxygen atoms in total. The topological polar surface area (TPSA) is 110 Å². The first kappa shape index (κ1) is 29.9. The van der Waals surface area contributed by atoms with Gasteiger partial charge in [0.15, 0.2) is 6.61 Å². The first-order valence-corrected chi connectivity index (χ1v) is 12.2. The third-order valence-electron chi connectivity index (χ3n) is 5.47. The fourth-order valence-electron chi connectivity index (χ4n) is 3.76. The van der Waals surface area contributed by atoms with Gasteiger partial charge in [0.2, 0.25) is 5.91 Å². The second kappa shape index (κ2) is 12.1. The van der Waals surface area contributed by atoms with Crippen LogP contribution in [0, 0.1) is 5.82 Å². The molecule has 14 heteroatoms. The Bertz CT molecular complexity index is 1220. The Morgan fingerprint density at radius 3 is 2.49 bits per heavy atom. The Balaban J connectivity index is 1.68. The first-order valence-electron chi connectivity index (χ1n) is 11.8. The number of nitrogens with zero attached hydrogens (tertiary/aromatic N) is 2. The molecule has 0 aliphatic carbocycles.